The number of benzene rings is 3. The van der Waals surface area contributed by atoms with Crippen molar-refractivity contribution in [3.05, 3.63) is 54.6 Å². The minimum absolute atomic E-state index is 0.401. The Labute approximate surface area is 190 Å². The van der Waals surface area contributed by atoms with E-state index in [1.165, 1.54) is 0 Å². The van der Waals surface area contributed by atoms with Crippen molar-refractivity contribution in [2.45, 2.75) is 38.9 Å². The van der Waals surface area contributed by atoms with E-state index in [-0.39, 0.29) is 0 Å². The lowest BCUT2D eigenvalue weighted by Crippen LogP contribution is -2.44. The summed E-state index contributed by atoms with van der Waals surface area (Å²) in [6.45, 7) is 8.12. The van der Waals surface area contributed by atoms with Gasteiger partial charge in [0.15, 0.2) is 0 Å². The first-order valence-corrected chi connectivity index (χ1v) is 10.3. The summed E-state index contributed by atoms with van der Waals surface area (Å²) in [5, 5.41) is 0. The van der Waals surface area contributed by atoms with E-state index in [2.05, 4.69) is 0 Å². The molecule has 3 aromatic carbocycles. The maximum atomic E-state index is 6.44. The molecular formula is C24H21B5O2. The van der Waals surface area contributed by atoms with Crippen molar-refractivity contribution in [3.63, 3.8) is 0 Å². The van der Waals surface area contributed by atoms with Crippen LogP contribution in [0.5, 0.6) is 0 Å². The average Bonchev–Trinajstić information content (AvgIpc) is 2.95. The fourth-order valence-corrected chi connectivity index (χ4v) is 3.84. The van der Waals surface area contributed by atoms with Gasteiger partial charge in [-0.1, -0.05) is 76.4 Å². The van der Waals surface area contributed by atoms with Gasteiger partial charge < -0.3 is 9.31 Å². The van der Waals surface area contributed by atoms with Crippen LogP contribution in [-0.4, -0.2) is 49.7 Å². The maximum Gasteiger partial charge on any atom is 0.494 e. The van der Waals surface area contributed by atoms with Crippen LogP contribution in [0.15, 0.2) is 54.6 Å². The summed E-state index contributed by atoms with van der Waals surface area (Å²) in [7, 11) is 25.3. The van der Waals surface area contributed by atoms with Crippen LogP contribution >= 0.6 is 0 Å². The summed E-state index contributed by atoms with van der Waals surface area (Å²) in [4.78, 5) is 0. The highest BCUT2D eigenvalue weighted by Crippen LogP contribution is 2.36. The van der Waals surface area contributed by atoms with Crippen LogP contribution in [0.3, 0.4) is 0 Å². The van der Waals surface area contributed by atoms with E-state index in [9.17, 15) is 0 Å². The second-order valence-electron chi connectivity index (χ2n) is 8.98. The Bertz CT molecular complexity index is 1080. The van der Waals surface area contributed by atoms with Crippen LogP contribution in [0.4, 0.5) is 0 Å². The summed E-state index contributed by atoms with van der Waals surface area (Å²) >= 11 is 0. The Morgan fingerprint density at radius 3 is 1.39 bits per heavy atom. The van der Waals surface area contributed by atoms with Crippen molar-refractivity contribution in [2.75, 3.05) is 0 Å². The maximum absolute atomic E-state index is 6.44. The normalized spacial score (nSPS) is 17.1. The second-order valence-corrected chi connectivity index (χ2v) is 8.98. The van der Waals surface area contributed by atoms with Gasteiger partial charge in [-0.05, 0) is 55.4 Å². The fourth-order valence-electron chi connectivity index (χ4n) is 3.84. The van der Waals surface area contributed by atoms with Gasteiger partial charge in [-0.15, -0.1) is 0 Å². The van der Waals surface area contributed by atoms with E-state index < -0.39 is 18.3 Å². The van der Waals surface area contributed by atoms with Gasteiger partial charge in [-0.3, -0.25) is 0 Å². The first-order chi connectivity index (χ1) is 14.5. The van der Waals surface area contributed by atoms with E-state index >= 15 is 0 Å². The first-order valence-electron chi connectivity index (χ1n) is 10.3. The molecule has 0 atom stereocenters. The highest BCUT2D eigenvalue weighted by atomic mass is 16.7. The Hall–Kier alpha value is -2.10. The summed E-state index contributed by atoms with van der Waals surface area (Å²) < 4.78 is 12.3. The summed E-state index contributed by atoms with van der Waals surface area (Å²) in [5.41, 5.74) is 4.77. The molecular weight excluding hydrogens is 374 g/mol. The molecule has 8 radical (unpaired) electrons. The van der Waals surface area contributed by atoms with Gasteiger partial charge in [-0.2, -0.15) is 0 Å². The first kappa shape index (κ1) is 22.1. The molecule has 31 heavy (non-hydrogen) atoms. The second kappa shape index (κ2) is 7.80. The van der Waals surface area contributed by atoms with Crippen LogP contribution < -0.4 is 27.3 Å². The van der Waals surface area contributed by atoms with Crippen LogP contribution in [-0.2, 0) is 9.31 Å². The highest BCUT2D eigenvalue weighted by molar-refractivity contribution is 6.63. The molecule has 0 spiro atoms. The summed E-state index contributed by atoms with van der Waals surface area (Å²) in [5.74, 6) is 0. The predicted octanol–water partition coefficient (Wildman–Crippen LogP) is 0.495. The zero-order valence-corrected chi connectivity index (χ0v) is 18.4. The molecule has 2 nitrogen and oxygen atoms in total. The van der Waals surface area contributed by atoms with Crippen molar-refractivity contribution in [2.24, 2.45) is 0 Å². The van der Waals surface area contributed by atoms with Gasteiger partial charge in [0.1, 0.15) is 31.4 Å². The minimum atomic E-state index is -0.440. The largest absolute Gasteiger partial charge is 0.494 e. The molecule has 7 heteroatoms. The molecule has 0 amide bonds. The van der Waals surface area contributed by atoms with Gasteiger partial charge in [0.05, 0.1) is 11.2 Å². The molecule has 1 fully saturated rings. The lowest BCUT2D eigenvalue weighted by molar-refractivity contribution is 0.00578. The Balaban J connectivity index is 1.73. The monoisotopic (exact) mass is 396 g/mol. The average molecular weight is 395 g/mol. The number of rotatable bonds is 3. The summed E-state index contributed by atoms with van der Waals surface area (Å²) in [6, 6.07) is 17.4. The van der Waals surface area contributed by atoms with Gasteiger partial charge in [0.2, 0.25) is 0 Å². The van der Waals surface area contributed by atoms with Crippen molar-refractivity contribution in [3.8, 4) is 22.3 Å². The van der Waals surface area contributed by atoms with Crippen molar-refractivity contribution >= 4 is 65.8 Å². The molecule has 144 valence electrons. The molecule has 0 aliphatic carbocycles. The Morgan fingerprint density at radius 1 is 0.581 bits per heavy atom. The molecule has 0 bridgehead atoms. The highest BCUT2D eigenvalue weighted by Gasteiger charge is 2.51. The van der Waals surface area contributed by atoms with Crippen molar-refractivity contribution in [1.82, 2.24) is 0 Å². The lowest BCUT2D eigenvalue weighted by atomic mass is 9.62. The standard InChI is InChI=1S/C24H21B5O2/c1-23(2)24(3,4)31-29(30-23)16-12-10-15(11-13-16)18-21(27)19(25)17(20(26)22(18)28)14-8-6-5-7-9-14/h5-13H,1-4H3. The van der Waals surface area contributed by atoms with Crippen LogP contribution in [0.1, 0.15) is 27.7 Å². The van der Waals surface area contributed by atoms with Crippen LogP contribution in [0.2, 0.25) is 0 Å². The van der Waals surface area contributed by atoms with Crippen LogP contribution in [0.25, 0.3) is 22.3 Å². The van der Waals surface area contributed by atoms with Crippen molar-refractivity contribution < 1.29 is 9.31 Å². The molecule has 0 saturated carbocycles. The van der Waals surface area contributed by atoms with Crippen molar-refractivity contribution in [1.29, 1.82) is 0 Å². The lowest BCUT2D eigenvalue weighted by Gasteiger charge is -2.32. The van der Waals surface area contributed by atoms with E-state index in [1.807, 2.05) is 82.3 Å². The van der Waals surface area contributed by atoms with E-state index in [4.69, 9.17) is 40.7 Å². The van der Waals surface area contributed by atoms with Crippen LogP contribution in [0, 0.1) is 0 Å². The third kappa shape index (κ3) is 3.72. The quantitative estimate of drug-likeness (QED) is 0.602. The third-order valence-electron chi connectivity index (χ3n) is 6.44. The molecule has 4 rings (SSSR count). The van der Waals surface area contributed by atoms with E-state index in [1.54, 1.807) is 0 Å². The fraction of sp³-hybridized carbons (Fsp3) is 0.250. The van der Waals surface area contributed by atoms with E-state index in [0.717, 1.165) is 16.6 Å². The SMILES string of the molecule is [B]c1c([B])c(-c2ccc(B3OC(C)(C)C(C)(C)O3)cc2)c([B])c([B])c1-c1ccccc1. The van der Waals surface area contributed by atoms with Gasteiger partial charge in [0, 0.05) is 0 Å². The molecule has 1 aliphatic heterocycles. The van der Waals surface area contributed by atoms with Gasteiger partial charge in [-0.25, -0.2) is 0 Å². The topological polar surface area (TPSA) is 18.5 Å². The molecule has 3 aromatic rings. The van der Waals surface area contributed by atoms with E-state index in [0.29, 0.717) is 33.0 Å². The Morgan fingerprint density at radius 2 is 0.968 bits per heavy atom. The molecule has 0 N–H and O–H groups in total. The molecule has 1 aliphatic rings. The molecule has 0 aromatic heterocycles. The molecule has 1 saturated heterocycles. The third-order valence-corrected chi connectivity index (χ3v) is 6.44. The van der Waals surface area contributed by atoms with Gasteiger partial charge >= 0.3 is 7.12 Å². The zero-order chi connectivity index (χ0) is 22.6. The number of hydrogen-bond donors (Lipinski definition) is 0. The number of hydrogen-bond acceptors (Lipinski definition) is 2. The Kier molecular flexibility index (Phi) is 5.56. The smallest absolute Gasteiger partial charge is 0.399 e. The zero-order valence-electron chi connectivity index (χ0n) is 18.4. The summed E-state index contributed by atoms with van der Waals surface area (Å²) in [6.07, 6.45) is 0. The molecule has 0 unspecified atom stereocenters. The molecule has 1 heterocycles. The van der Waals surface area contributed by atoms with Gasteiger partial charge in [0.25, 0.3) is 0 Å². The predicted molar refractivity (Wildman–Crippen MR) is 135 cm³/mol. The minimum Gasteiger partial charge on any atom is -0.399 e.